The SMILES string of the molecule is C/C(=N/NC(=O)[C@H]1COc2ccccc2O1)[C@@H]1COc2ccccc2O1. The molecule has 1 amide bonds. The third-order valence-electron chi connectivity index (χ3n) is 4.12. The zero-order valence-corrected chi connectivity index (χ0v) is 14.2. The van der Waals surface area contributed by atoms with Crippen LogP contribution in [0, 0.1) is 0 Å². The Kier molecular flexibility index (Phi) is 4.35. The van der Waals surface area contributed by atoms with Gasteiger partial charge in [-0.3, -0.25) is 4.79 Å². The van der Waals surface area contributed by atoms with Gasteiger partial charge in [0.1, 0.15) is 13.2 Å². The highest BCUT2D eigenvalue weighted by Gasteiger charge is 2.28. The molecule has 0 saturated heterocycles. The van der Waals surface area contributed by atoms with Crippen LogP contribution in [0.25, 0.3) is 0 Å². The molecule has 26 heavy (non-hydrogen) atoms. The number of ether oxygens (including phenoxy) is 4. The fraction of sp³-hybridized carbons (Fsp3) is 0.263. The predicted molar refractivity (Wildman–Crippen MR) is 94.0 cm³/mol. The molecule has 1 N–H and O–H groups in total. The topological polar surface area (TPSA) is 78.4 Å². The minimum absolute atomic E-state index is 0.133. The van der Waals surface area contributed by atoms with E-state index in [4.69, 9.17) is 18.9 Å². The first kappa shape index (κ1) is 16.3. The second-order valence-corrected chi connectivity index (χ2v) is 5.96. The van der Waals surface area contributed by atoms with E-state index in [0.717, 1.165) is 0 Å². The van der Waals surface area contributed by atoms with Gasteiger partial charge in [-0.05, 0) is 31.2 Å². The maximum Gasteiger partial charge on any atom is 0.284 e. The lowest BCUT2D eigenvalue weighted by atomic mass is 10.2. The van der Waals surface area contributed by atoms with Crippen LogP contribution in [-0.2, 0) is 4.79 Å². The van der Waals surface area contributed by atoms with Crippen LogP contribution in [0.1, 0.15) is 6.92 Å². The highest BCUT2D eigenvalue weighted by molar-refractivity contribution is 5.89. The number of fused-ring (bicyclic) bond motifs is 2. The maximum absolute atomic E-state index is 12.3. The van der Waals surface area contributed by atoms with Gasteiger partial charge in [0, 0.05) is 0 Å². The van der Waals surface area contributed by atoms with E-state index in [1.807, 2.05) is 36.4 Å². The van der Waals surface area contributed by atoms with Crippen molar-refractivity contribution in [1.29, 1.82) is 0 Å². The summed E-state index contributed by atoms with van der Waals surface area (Å²) in [7, 11) is 0. The number of hydrogen-bond acceptors (Lipinski definition) is 6. The summed E-state index contributed by atoms with van der Waals surface area (Å²) in [6, 6.07) is 14.7. The summed E-state index contributed by atoms with van der Waals surface area (Å²) in [4.78, 5) is 12.3. The van der Waals surface area contributed by atoms with Crippen molar-refractivity contribution >= 4 is 11.6 Å². The normalized spacial score (nSPS) is 21.0. The van der Waals surface area contributed by atoms with Crippen molar-refractivity contribution in [3.8, 4) is 23.0 Å². The third-order valence-corrected chi connectivity index (χ3v) is 4.12. The molecule has 0 radical (unpaired) electrons. The van der Waals surface area contributed by atoms with Gasteiger partial charge in [-0.15, -0.1) is 0 Å². The molecule has 134 valence electrons. The first-order valence-electron chi connectivity index (χ1n) is 8.32. The van der Waals surface area contributed by atoms with Gasteiger partial charge in [-0.2, -0.15) is 5.10 Å². The molecule has 0 saturated carbocycles. The van der Waals surface area contributed by atoms with Gasteiger partial charge in [0.15, 0.2) is 29.1 Å². The molecule has 2 heterocycles. The zero-order chi connectivity index (χ0) is 17.9. The number of rotatable bonds is 3. The molecule has 7 heteroatoms. The Labute approximate surface area is 150 Å². The Morgan fingerprint density at radius 3 is 2.00 bits per heavy atom. The van der Waals surface area contributed by atoms with Crippen molar-refractivity contribution < 1.29 is 23.7 Å². The minimum atomic E-state index is -0.759. The van der Waals surface area contributed by atoms with Gasteiger partial charge in [0.05, 0.1) is 5.71 Å². The highest BCUT2D eigenvalue weighted by atomic mass is 16.6. The summed E-state index contributed by atoms with van der Waals surface area (Å²) in [5.41, 5.74) is 3.11. The number of carbonyl (C=O) groups is 1. The number of benzene rings is 2. The van der Waals surface area contributed by atoms with Crippen molar-refractivity contribution in [2.24, 2.45) is 5.10 Å². The van der Waals surface area contributed by atoms with Crippen molar-refractivity contribution in [3.63, 3.8) is 0 Å². The summed E-state index contributed by atoms with van der Waals surface area (Å²) >= 11 is 0. The molecular weight excluding hydrogens is 336 g/mol. The van der Waals surface area contributed by atoms with Crippen LogP contribution in [0.15, 0.2) is 53.6 Å². The van der Waals surface area contributed by atoms with Gasteiger partial charge in [0.25, 0.3) is 5.91 Å². The molecule has 2 aliphatic heterocycles. The summed E-state index contributed by atoms with van der Waals surface area (Å²) in [5.74, 6) is 2.15. The highest BCUT2D eigenvalue weighted by Crippen LogP contribution is 2.32. The minimum Gasteiger partial charge on any atom is -0.485 e. The number of para-hydroxylation sites is 4. The first-order valence-corrected chi connectivity index (χ1v) is 8.32. The average Bonchev–Trinajstić information content (AvgIpc) is 2.71. The molecule has 2 aliphatic rings. The second kappa shape index (κ2) is 6.95. The summed E-state index contributed by atoms with van der Waals surface area (Å²) in [6.45, 7) is 2.24. The number of nitrogens with zero attached hydrogens (tertiary/aromatic N) is 1. The van der Waals surface area contributed by atoms with Crippen LogP contribution in [0.2, 0.25) is 0 Å². The molecule has 0 bridgehead atoms. The van der Waals surface area contributed by atoms with Crippen LogP contribution in [0.4, 0.5) is 0 Å². The van der Waals surface area contributed by atoms with E-state index in [1.165, 1.54) is 0 Å². The fourth-order valence-electron chi connectivity index (χ4n) is 2.66. The Hall–Kier alpha value is -3.22. The molecule has 2 atom stereocenters. The monoisotopic (exact) mass is 354 g/mol. The summed E-state index contributed by atoms with van der Waals surface area (Å²) in [5, 5.41) is 4.13. The molecule has 0 unspecified atom stereocenters. The van der Waals surface area contributed by atoms with Crippen molar-refractivity contribution in [2.45, 2.75) is 19.1 Å². The zero-order valence-electron chi connectivity index (χ0n) is 14.2. The largest absolute Gasteiger partial charge is 0.485 e. The maximum atomic E-state index is 12.3. The lowest BCUT2D eigenvalue weighted by molar-refractivity contribution is -0.130. The molecule has 0 aliphatic carbocycles. The van der Waals surface area contributed by atoms with Crippen LogP contribution < -0.4 is 24.4 Å². The lowest BCUT2D eigenvalue weighted by Crippen LogP contribution is -2.43. The molecule has 2 aromatic carbocycles. The van der Waals surface area contributed by atoms with Crippen LogP contribution >= 0.6 is 0 Å². The van der Waals surface area contributed by atoms with Gasteiger partial charge >= 0.3 is 0 Å². The molecule has 4 rings (SSSR count). The van der Waals surface area contributed by atoms with Crippen LogP contribution in [-0.4, -0.2) is 37.0 Å². The van der Waals surface area contributed by atoms with E-state index >= 15 is 0 Å². The number of hydrazone groups is 1. The van der Waals surface area contributed by atoms with Crippen molar-refractivity contribution in [2.75, 3.05) is 13.2 Å². The molecule has 0 spiro atoms. The first-order chi connectivity index (χ1) is 12.7. The van der Waals surface area contributed by atoms with Crippen LogP contribution in [0.5, 0.6) is 23.0 Å². The number of hydrogen-bond donors (Lipinski definition) is 1. The fourth-order valence-corrected chi connectivity index (χ4v) is 2.66. The standard InChI is InChI=1S/C19H18N2O5/c1-12(17-10-23-13-6-2-4-8-15(13)25-17)20-21-19(22)18-11-24-14-7-3-5-9-16(14)26-18/h2-9,17-18H,10-11H2,1H3,(H,21,22)/b20-12-/t17-,18+/m0/s1. The Balaban J connectivity index is 1.37. The molecular formula is C19H18N2O5. The van der Waals surface area contributed by atoms with Crippen LogP contribution in [0.3, 0.4) is 0 Å². The second-order valence-electron chi connectivity index (χ2n) is 5.96. The Morgan fingerprint density at radius 1 is 0.885 bits per heavy atom. The third kappa shape index (κ3) is 3.28. The van der Waals surface area contributed by atoms with Gasteiger partial charge in [-0.1, -0.05) is 24.3 Å². The predicted octanol–water partition coefficient (Wildman–Crippen LogP) is 2.16. The van der Waals surface area contributed by atoms with E-state index < -0.39 is 6.10 Å². The van der Waals surface area contributed by atoms with E-state index in [-0.39, 0.29) is 18.6 Å². The summed E-state index contributed by atoms with van der Waals surface area (Å²) < 4.78 is 22.7. The van der Waals surface area contributed by atoms with E-state index in [2.05, 4.69) is 10.5 Å². The van der Waals surface area contributed by atoms with E-state index in [0.29, 0.717) is 35.3 Å². The Bertz CT molecular complexity index is 851. The smallest absolute Gasteiger partial charge is 0.284 e. The van der Waals surface area contributed by atoms with Gasteiger partial charge < -0.3 is 18.9 Å². The number of amides is 1. The van der Waals surface area contributed by atoms with E-state index in [9.17, 15) is 4.79 Å². The van der Waals surface area contributed by atoms with Gasteiger partial charge in [0.2, 0.25) is 6.10 Å². The molecule has 2 aromatic rings. The van der Waals surface area contributed by atoms with Crippen molar-refractivity contribution in [1.82, 2.24) is 5.43 Å². The quantitative estimate of drug-likeness (QED) is 0.675. The Morgan fingerprint density at radius 2 is 1.38 bits per heavy atom. The molecule has 0 aromatic heterocycles. The molecule has 7 nitrogen and oxygen atoms in total. The molecule has 0 fully saturated rings. The number of carbonyl (C=O) groups excluding carboxylic acids is 1. The summed E-state index contributed by atoms with van der Waals surface area (Å²) in [6.07, 6.45) is -1.12. The number of nitrogens with one attached hydrogen (secondary N) is 1. The van der Waals surface area contributed by atoms with E-state index in [1.54, 1.807) is 19.1 Å². The van der Waals surface area contributed by atoms with Gasteiger partial charge in [-0.25, -0.2) is 5.43 Å². The lowest BCUT2D eigenvalue weighted by Gasteiger charge is -2.27. The average molecular weight is 354 g/mol. The van der Waals surface area contributed by atoms with Crippen molar-refractivity contribution in [3.05, 3.63) is 48.5 Å².